The number of allylic oxidation sites excluding steroid dienone is 2. The highest BCUT2D eigenvalue weighted by Gasteiger charge is 2.65. The smallest absolute Gasteiger partial charge is 0.338 e. The van der Waals surface area contributed by atoms with E-state index in [2.05, 4.69) is 6.08 Å². The molecule has 1 N–H and O–H groups in total. The summed E-state index contributed by atoms with van der Waals surface area (Å²) in [6, 6.07) is 6.79. The first-order valence-corrected chi connectivity index (χ1v) is 12.0. The Balaban J connectivity index is 1.99. The highest BCUT2D eigenvalue weighted by atomic mass is 16.6. The number of esters is 2. The number of benzene rings is 1. The lowest BCUT2D eigenvalue weighted by atomic mass is 9.67. The Morgan fingerprint density at radius 3 is 2.38 bits per heavy atom. The lowest BCUT2D eigenvalue weighted by Gasteiger charge is -2.43. The van der Waals surface area contributed by atoms with Gasteiger partial charge in [0.2, 0.25) is 0 Å². The van der Waals surface area contributed by atoms with Gasteiger partial charge in [-0.25, -0.2) is 9.59 Å². The van der Waals surface area contributed by atoms with E-state index in [0.717, 1.165) is 5.57 Å². The van der Waals surface area contributed by atoms with Crippen molar-refractivity contribution in [2.24, 2.45) is 17.3 Å². The van der Waals surface area contributed by atoms with Crippen LogP contribution in [0.2, 0.25) is 0 Å². The van der Waals surface area contributed by atoms with Crippen LogP contribution in [-0.2, 0) is 14.3 Å². The van der Waals surface area contributed by atoms with Gasteiger partial charge in [-0.3, -0.25) is 0 Å². The minimum absolute atomic E-state index is 0.121. The molecule has 1 aromatic carbocycles. The summed E-state index contributed by atoms with van der Waals surface area (Å²) in [5.41, 5.74) is 0.288. The van der Waals surface area contributed by atoms with Crippen LogP contribution in [0.3, 0.4) is 0 Å². The summed E-state index contributed by atoms with van der Waals surface area (Å²) < 4.78 is 17.3. The first-order valence-electron chi connectivity index (χ1n) is 12.0. The normalized spacial score (nSPS) is 31.4. The molecule has 0 amide bonds. The number of fused-ring (bicyclic) bond motifs is 1. The largest absolute Gasteiger partial charge is 0.497 e. The molecule has 1 saturated carbocycles. The van der Waals surface area contributed by atoms with E-state index >= 15 is 0 Å². The molecule has 0 unspecified atom stereocenters. The van der Waals surface area contributed by atoms with Crippen molar-refractivity contribution in [2.75, 3.05) is 7.11 Å². The van der Waals surface area contributed by atoms with E-state index in [1.807, 2.05) is 27.7 Å². The molecule has 5 atom stereocenters. The maximum Gasteiger partial charge on any atom is 0.338 e. The van der Waals surface area contributed by atoms with Gasteiger partial charge in [0.15, 0.2) is 0 Å². The Morgan fingerprint density at radius 2 is 1.82 bits per heavy atom. The van der Waals surface area contributed by atoms with Gasteiger partial charge >= 0.3 is 11.9 Å². The molecule has 6 nitrogen and oxygen atoms in total. The number of carbonyl (C=O) groups excluding carboxylic acids is 2. The Kier molecular flexibility index (Phi) is 7.61. The lowest BCUT2D eigenvalue weighted by molar-refractivity contribution is -0.151. The molecule has 1 fully saturated rings. The fourth-order valence-electron chi connectivity index (χ4n) is 5.50. The fourth-order valence-corrected chi connectivity index (χ4v) is 5.50. The Labute approximate surface area is 203 Å². The van der Waals surface area contributed by atoms with Crippen LogP contribution >= 0.6 is 0 Å². The first kappa shape index (κ1) is 26.0. The highest BCUT2D eigenvalue weighted by molar-refractivity contribution is 5.89. The number of hydrogen-bond donors (Lipinski definition) is 1. The van der Waals surface area contributed by atoms with Crippen molar-refractivity contribution in [3.63, 3.8) is 0 Å². The third-order valence-corrected chi connectivity index (χ3v) is 7.87. The van der Waals surface area contributed by atoms with Gasteiger partial charge in [-0.05, 0) is 57.4 Å². The summed E-state index contributed by atoms with van der Waals surface area (Å²) in [5, 5.41) is 12.0. The second-order valence-corrected chi connectivity index (χ2v) is 10.3. The number of methoxy groups -OCH3 is 1. The minimum Gasteiger partial charge on any atom is -0.497 e. The lowest BCUT2D eigenvalue weighted by Crippen LogP contribution is -2.50. The van der Waals surface area contributed by atoms with Gasteiger partial charge in [0, 0.05) is 29.7 Å². The quantitative estimate of drug-likeness (QED) is 0.347. The molecule has 0 bridgehead atoms. The molecular weight excluding hydrogens is 432 g/mol. The summed E-state index contributed by atoms with van der Waals surface area (Å²) in [5.74, 6) is -0.690. The Morgan fingerprint density at radius 1 is 1.18 bits per heavy atom. The summed E-state index contributed by atoms with van der Waals surface area (Å²) in [6.45, 7) is 11.5. The van der Waals surface area contributed by atoms with Gasteiger partial charge in [-0.2, -0.15) is 0 Å². The predicted octanol–water partition coefficient (Wildman–Crippen LogP) is 5.25. The second kappa shape index (κ2) is 9.95. The molecule has 3 rings (SSSR count). The maximum absolute atomic E-state index is 13.1. The van der Waals surface area contributed by atoms with E-state index < -0.39 is 35.1 Å². The Hall–Kier alpha value is -2.60. The summed E-state index contributed by atoms with van der Waals surface area (Å²) >= 11 is 0. The topological polar surface area (TPSA) is 82.1 Å². The molecule has 0 heterocycles. The van der Waals surface area contributed by atoms with Crippen LogP contribution in [-0.4, -0.2) is 42.0 Å². The molecule has 2 aliphatic rings. The third kappa shape index (κ3) is 4.78. The van der Waals surface area contributed by atoms with E-state index in [4.69, 9.17) is 14.2 Å². The molecule has 0 aliphatic heterocycles. The number of rotatable bonds is 6. The average molecular weight is 471 g/mol. The third-order valence-electron chi connectivity index (χ3n) is 7.87. The van der Waals surface area contributed by atoms with Crippen molar-refractivity contribution in [1.82, 2.24) is 0 Å². The van der Waals surface area contributed by atoms with Crippen molar-refractivity contribution in [1.29, 1.82) is 0 Å². The van der Waals surface area contributed by atoms with Crippen molar-refractivity contribution < 1.29 is 28.9 Å². The molecule has 6 heteroatoms. The van der Waals surface area contributed by atoms with Crippen LogP contribution in [0.4, 0.5) is 0 Å². The van der Waals surface area contributed by atoms with E-state index in [0.29, 0.717) is 36.1 Å². The average Bonchev–Trinajstić information content (AvgIpc) is 2.94. The van der Waals surface area contributed by atoms with Crippen molar-refractivity contribution in [3.8, 4) is 5.75 Å². The van der Waals surface area contributed by atoms with Gasteiger partial charge in [0.25, 0.3) is 0 Å². The summed E-state index contributed by atoms with van der Waals surface area (Å²) in [4.78, 5) is 25.8. The molecule has 0 spiro atoms. The predicted molar refractivity (Wildman–Crippen MR) is 131 cm³/mol. The molecule has 2 aliphatic carbocycles. The van der Waals surface area contributed by atoms with Gasteiger partial charge in [-0.1, -0.05) is 38.5 Å². The van der Waals surface area contributed by atoms with E-state index in [1.165, 1.54) is 0 Å². The minimum atomic E-state index is -1.16. The molecule has 186 valence electrons. The molecule has 0 radical (unpaired) electrons. The monoisotopic (exact) mass is 470 g/mol. The van der Waals surface area contributed by atoms with Crippen LogP contribution in [0, 0.1) is 17.3 Å². The Bertz CT molecular complexity index is 975. The molecular formula is C28H38O6. The van der Waals surface area contributed by atoms with E-state index in [9.17, 15) is 14.7 Å². The number of aliphatic hydroxyl groups is 1. The van der Waals surface area contributed by atoms with Crippen LogP contribution in [0.1, 0.15) is 71.2 Å². The van der Waals surface area contributed by atoms with Crippen LogP contribution in [0.25, 0.3) is 0 Å². The van der Waals surface area contributed by atoms with Crippen LogP contribution in [0.5, 0.6) is 5.75 Å². The van der Waals surface area contributed by atoms with Crippen molar-refractivity contribution in [3.05, 3.63) is 53.1 Å². The van der Waals surface area contributed by atoms with Gasteiger partial charge in [0.05, 0.1) is 18.3 Å². The number of hydrogen-bond acceptors (Lipinski definition) is 6. The second-order valence-electron chi connectivity index (χ2n) is 10.3. The van der Waals surface area contributed by atoms with E-state index in [-0.39, 0.29) is 11.9 Å². The highest BCUT2D eigenvalue weighted by Crippen LogP contribution is 2.59. The fraction of sp³-hybridized carbons (Fsp3) is 0.571. The molecule has 34 heavy (non-hydrogen) atoms. The van der Waals surface area contributed by atoms with E-state index in [1.54, 1.807) is 51.3 Å². The maximum atomic E-state index is 13.1. The zero-order chi connectivity index (χ0) is 25.3. The van der Waals surface area contributed by atoms with Crippen molar-refractivity contribution in [2.45, 2.75) is 78.6 Å². The van der Waals surface area contributed by atoms with Gasteiger partial charge in [-0.15, -0.1) is 0 Å². The van der Waals surface area contributed by atoms with Gasteiger partial charge < -0.3 is 19.3 Å². The standard InChI is InChI=1S/C28H38O6/c1-8-19(5)25(29)34-23-16-28(31,17(2)3)24-22(15-18(4)13-14-27(23,24)6)33-26(30)20-9-11-21(32-7)12-10-20/h8-13,17,22-24,31H,14-16H2,1-7H3/t22-,23+,24+,27-,28+/m0/s1. The van der Waals surface area contributed by atoms with Gasteiger partial charge in [0.1, 0.15) is 18.0 Å². The van der Waals surface area contributed by atoms with Crippen LogP contribution in [0.15, 0.2) is 47.6 Å². The molecule has 0 aromatic heterocycles. The number of ether oxygens (including phenoxy) is 3. The van der Waals surface area contributed by atoms with Crippen LogP contribution < -0.4 is 4.74 Å². The molecule has 1 aromatic rings. The zero-order valence-corrected chi connectivity index (χ0v) is 21.4. The summed E-state index contributed by atoms with van der Waals surface area (Å²) in [6.07, 6.45) is 4.24. The SMILES string of the molecule is CC=C(C)C(=O)O[C@@H]1C[C@@](O)(C(C)C)[C@@H]2[C@@H](OC(=O)c3ccc(OC)cc3)CC(C)=CC[C@]21C. The zero-order valence-electron chi connectivity index (χ0n) is 21.4. The first-order chi connectivity index (χ1) is 16.0. The number of carbonyl (C=O) groups is 2. The molecule has 0 saturated heterocycles. The summed E-state index contributed by atoms with van der Waals surface area (Å²) in [7, 11) is 1.57. The van der Waals surface area contributed by atoms with Crippen molar-refractivity contribution >= 4 is 11.9 Å².